The number of alkyl halides is 1. The van der Waals surface area contributed by atoms with Crippen LogP contribution in [0.2, 0.25) is 0 Å². The van der Waals surface area contributed by atoms with E-state index >= 15 is 4.39 Å². The molecule has 0 N–H and O–H groups in total. The topological polar surface area (TPSA) is 0 Å². The second-order valence-electron chi connectivity index (χ2n) is 11.8. The second kappa shape index (κ2) is 11.0. The Labute approximate surface area is 188 Å². The quantitative estimate of drug-likeness (QED) is 0.292. The van der Waals surface area contributed by atoms with Crippen LogP contribution in [0, 0.1) is 53.3 Å². The van der Waals surface area contributed by atoms with Gasteiger partial charge < -0.3 is 0 Å². The van der Waals surface area contributed by atoms with Crippen LogP contribution in [0.25, 0.3) is 0 Å². The summed E-state index contributed by atoms with van der Waals surface area (Å²) in [5.74, 6) is 6.04. The Hall–Kier alpha value is -0.330. The molecule has 0 bridgehead atoms. The first-order valence-electron chi connectivity index (χ1n) is 13.4. The third kappa shape index (κ3) is 5.17. The molecule has 0 aromatic rings. The fourth-order valence-corrected chi connectivity index (χ4v) is 7.47. The Morgan fingerprint density at radius 1 is 0.867 bits per heavy atom. The molecule has 0 amide bonds. The summed E-state index contributed by atoms with van der Waals surface area (Å²) in [6.07, 6.45) is 11.5. The molecule has 5 unspecified atom stereocenters. The first kappa shape index (κ1) is 25.9. The van der Waals surface area contributed by atoms with E-state index in [0.29, 0.717) is 0 Å². The highest BCUT2D eigenvalue weighted by Crippen LogP contribution is 2.53. The fraction of sp³-hybridized carbons (Fsp3) is 0.931. The molecule has 0 heterocycles. The van der Waals surface area contributed by atoms with Gasteiger partial charge in [0.15, 0.2) is 0 Å². The number of rotatable bonds is 11. The number of halogens is 1. The van der Waals surface area contributed by atoms with Gasteiger partial charge in [-0.05, 0) is 91.4 Å². The van der Waals surface area contributed by atoms with Gasteiger partial charge in [-0.25, -0.2) is 4.39 Å². The summed E-state index contributed by atoms with van der Waals surface area (Å²) in [4.78, 5) is 0. The van der Waals surface area contributed by atoms with Crippen molar-refractivity contribution in [2.45, 2.75) is 119 Å². The zero-order valence-electron chi connectivity index (χ0n) is 21.6. The molecular weight excluding hydrogens is 367 g/mol. The molecule has 30 heavy (non-hydrogen) atoms. The third-order valence-corrected chi connectivity index (χ3v) is 9.95. The van der Waals surface area contributed by atoms with Gasteiger partial charge in [0.1, 0.15) is 5.67 Å². The van der Waals surface area contributed by atoms with Gasteiger partial charge in [-0.2, -0.15) is 0 Å². The van der Waals surface area contributed by atoms with Crippen molar-refractivity contribution in [2.75, 3.05) is 0 Å². The minimum absolute atomic E-state index is 0.0249. The molecule has 2 aliphatic carbocycles. The van der Waals surface area contributed by atoms with Crippen molar-refractivity contribution < 1.29 is 4.39 Å². The molecule has 0 aliphatic heterocycles. The van der Waals surface area contributed by atoms with Crippen LogP contribution in [-0.4, -0.2) is 5.67 Å². The molecule has 0 saturated heterocycles. The van der Waals surface area contributed by atoms with Gasteiger partial charge in [0.2, 0.25) is 0 Å². The van der Waals surface area contributed by atoms with Crippen LogP contribution in [0.5, 0.6) is 0 Å². The Morgan fingerprint density at radius 2 is 1.37 bits per heavy atom. The van der Waals surface area contributed by atoms with E-state index in [9.17, 15) is 0 Å². The van der Waals surface area contributed by atoms with E-state index in [2.05, 4.69) is 41.2 Å². The maximum Gasteiger partial charge on any atom is 0.136 e. The summed E-state index contributed by atoms with van der Waals surface area (Å²) in [6.45, 7) is 22.4. The molecule has 0 radical (unpaired) electrons. The van der Waals surface area contributed by atoms with Crippen LogP contribution in [0.4, 0.5) is 4.39 Å². The number of allylic oxidation sites excluding steroid dienone is 1. The summed E-state index contributed by atoms with van der Waals surface area (Å²) in [6, 6.07) is 0. The molecule has 2 fully saturated rings. The van der Waals surface area contributed by atoms with Gasteiger partial charge >= 0.3 is 0 Å². The highest BCUT2D eigenvalue weighted by Gasteiger charge is 2.47. The smallest absolute Gasteiger partial charge is 0.136 e. The summed E-state index contributed by atoms with van der Waals surface area (Å²) in [5, 5.41) is 0. The van der Waals surface area contributed by atoms with Gasteiger partial charge in [0.05, 0.1) is 0 Å². The molecule has 1 heteroatoms. The highest BCUT2D eigenvalue weighted by atomic mass is 19.1. The molecule has 0 aromatic carbocycles. The molecular formula is C29H53F. The van der Waals surface area contributed by atoms with Gasteiger partial charge in [0.25, 0.3) is 0 Å². The number of hydrogen-bond donors (Lipinski definition) is 0. The van der Waals surface area contributed by atoms with E-state index in [1.54, 1.807) is 0 Å². The highest BCUT2D eigenvalue weighted by molar-refractivity contribution is 5.15. The predicted octanol–water partition coefficient (Wildman–Crippen LogP) is 9.49. The van der Waals surface area contributed by atoms with Gasteiger partial charge in [0, 0.05) is 0 Å². The molecule has 5 atom stereocenters. The maximum absolute atomic E-state index is 15.9. The van der Waals surface area contributed by atoms with E-state index in [-0.39, 0.29) is 11.8 Å². The van der Waals surface area contributed by atoms with Gasteiger partial charge in [-0.15, -0.1) is 0 Å². The first-order valence-corrected chi connectivity index (χ1v) is 13.4. The summed E-state index contributed by atoms with van der Waals surface area (Å²) < 4.78 is 15.9. The van der Waals surface area contributed by atoms with Crippen molar-refractivity contribution in [3.8, 4) is 0 Å². The van der Waals surface area contributed by atoms with E-state index in [1.807, 2.05) is 20.8 Å². The molecule has 0 spiro atoms. The summed E-state index contributed by atoms with van der Waals surface area (Å²) >= 11 is 0. The lowest BCUT2D eigenvalue weighted by Crippen LogP contribution is -2.44. The monoisotopic (exact) mass is 420 g/mol. The molecule has 2 rings (SSSR count). The predicted molar refractivity (Wildman–Crippen MR) is 131 cm³/mol. The average Bonchev–Trinajstić information content (AvgIpc) is 2.69. The van der Waals surface area contributed by atoms with Crippen molar-refractivity contribution in [2.24, 2.45) is 53.3 Å². The van der Waals surface area contributed by atoms with Crippen LogP contribution >= 0.6 is 0 Å². The lowest BCUT2D eigenvalue weighted by atomic mass is 9.55. The fourth-order valence-electron chi connectivity index (χ4n) is 7.47. The van der Waals surface area contributed by atoms with E-state index in [0.717, 1.165) is 59.8 Å². The van der Waals surface area contributed by atoms with Crippen LogP contribution in [0.3, 0.4) is 0 Å². The molecule has 0 aromatic heterocycles. The molecule has 2 aliphatic rings. The normalized spacial score (nSPS) is 30.1. The minimum Gasteiger partial charge on any atom is -0.238 e. The van der Waals surface area contributed by atoms with E-state index < -0.39 is 5.67 Å². The van der Waals surface area contributed by atoms with E-state index in [1.165, 1.54) is 44.9 Å². The molecule has 2 saturated carbocycles. The van der Waals surface area contributed by atoms with Crippen molar-refractivity contribution in [1.82, 2.24) is 0 Å². The van der Waals surface area contributed by atoms with Crippen molar-refractivity contribution in [3.05, 3.63) is 12.2 Å². The summed E-state index contributed by atoms with van der Waals surface area (Å²) in [5.41, 5.74) is -0.438. The van der Waals surface area contributed by atoms with Crippen LogP contribution < -0.4 is 0 Å². The van der Waals surface area contributed by atoms with E-state index in [4.69, 9.17) is 0 Å². The SMILES string of the molecule is C=C(C)C(F)(C(C)C)C1CCC(C(C)C(C2CCC2)C(C(C)CC)C(C)CC)CC1. The van der Waals surface area contributed by atoms with Gasteiger partial charge in [-0.3, -0.25) is 0 Å². The molecule has 176 valence electrons. The molecule has 0 nitrogen and oxygen atoms in total. The van der Waals surface area contributed by atoms with Crippen LogP contribution in [0.1, 0.15) is 113 Å². The van der Waals surface area contributed by atoms with Crippen molar-refractivity contribution in [1.29, 1.82) is 0 Å². The Morgan fingerprint density at radius 3 is 1.70 bits per heavy atom. The lowest BCUT2D eigenvalue weighted by Gasteiger charge is -2.50. The first-order chi connectivity index (χ1) is 14.1. The Balaban J connectivity index is 2.16. The largest absolute Gasteiger partial charge is 0.238 e. The lowest BCUT2D eigenvalue weighted by molar-refractivity contribution is -0.0153. The standard InChI is InChI=1S/C29H53F/c1-10-21(7)27(22(8)11-2)28(25-13-12-14-25)23(9)24-15-17-26(18-16-24)29(30,19(3)4)20(5)6/h20-28H,3,10-18H2,1-2,4-9H3. The average molecular weight is 421 g/mol. The van der Waals surface area contributed by atoms with Crippen LogP contribution in [0.15, 0.2) is 12.2 Å². The van der Waals surface area contributed by atoms with Crippen molar-refractivity contribution >= 4 is 0 Å². The maximum atomic E-state index is 15.9. The van der Waals surface area contributed by atoms with Crippen LogP contribution in [-0.2, 0) is 0 Å². The minimum atomic E-state index is -1.18. The zero-order valence-corrected chi connectivity index (χ0v) is 21.6. The second-order valence-corrected chi connectivity index (χ2v) is 11.8. The summed E-state index contributed by atoms with van der Waals surface area (Å²) in [7, 11) is 0. The Bertz CT molecular complexity index is 514. The number of hydrogen-bond acceptors (Lipinski definition) is 0. The Kier molecular flexibility index (Phi) is 9.51. The van der Waals surface area contributed by atoms with Crippen molar-refractivity contribution in [3.63, 3.8) is 0 Å². The zero-order chi connectivity index (χ0) is 22.6. The van der Waals surface area contributed by atoms with Gasteiger partial charge in [-0.1, -0.05) is 87.1 Å². The third-order valence-electron chi connectivity index (χ3n) is 9.95.